The number of nitrogens with zero attached hydrogens (tertiary/aromatic N) is 2. The summed E-state index contributed by atoms with van der Waals surface area (Å²) in [5, 5.41) is 4.35. The number of fused-ring (bicyclic) bond motifs is 1. The maximum absolute atomic E-state index is 12.5. The van der Waals surface area contributed by atoms with Crippen LogP contribution in [0.3, 0.4) is 0 Å². The first kappa shape index (κ1) is 20.0. The number of nitrogens with one attached hydrogen (secondary N) is 1. The first-order chi connectivity index (χ1) is 14.6. The molecular formula is C24H25N3O3. The lowest BCUT2D eigenvalue weighted by molar-refractivity contribution is -0.140. The summed E-state index contributed by atoms with van der Waals surface area (Å²) in [7, 11) is 0. The highest BCUT2D eigenvalue weighted by Crippen LogP contribution is 2.37. The van der Waals surface area contributed by atoms with E-state index in [2.05, 4.69) is 10.5 Å². The third-order valence-corrected chi connectivity index (χ3v) is 5.88. The van der Waals surface area contributed by atoms with Gasteiger partial charge < -0.3 is 0 Å². The predicted octanol–water partition coefficient (Wildman–Crippen LogP) is 3.12. The van der Waals surface area contributed by atoms with E-state index in [1.165, 1.54) is 4.90 Å². The smallest absolute Gasteiger partial charge is 0.241 e. The molecule has 6 heteroatoms. The van der Waals surface area contributed by atoms with Gasteiger partial charge in [0.15, 0.2) is 0 Å². The first-order valence-corrected chi connectivity index (χ1v) is 10.5. The molecule has 0 bridgehead atoms. The zero-order valence-corrected chi connectivity index (χ0v) is 16.8. The number of carbonyl (C=O) groups excluding carboxylic acids is 3. The molecule has 2 fully saturated rings. The first-order valence-electron chi connectivity index (χ1n) is 10.5. The van der Waals surface area contributed by atoms with Gasteiger partial charge in [-0.15, -0.1) is 0 Å². The van der Waals surface area contributed by atoms with Crippen LogP contribution in [0.15, 0.2) is 65.8 Å². The fraction of sp³-hybridized carbons (Fsp3) is 0.333. The Morgan fingerprint density at radius 3 is 1.87 bits per heavy atom. The predicted molar refractivity (Wildman–Crippen MR) is 113 cm³/mol. The Balaban J connectivity index is 1.42. The maximum atomic E-state index is 12.5. The monoisotopic (exact) mass is 403 g/mol. The molecule has 2 aromatic carbocycles. The van der Waals surface area contributed by atoms with E-state index in [1.54, 1.807) is 0 Å². The molecule has 0 aromatic heterocycles. The molecule has 2 aliphatic rings. The van der Waals surface area contributed by atoms with E-state index in [1.807, 2.05) is 60.7 Å². The van der Waals surface area contributed by atoms with Crippen LogP contribution in [0.4, 0.5) is 0 Å². The molecule has 0 spiro atoms. The van der Waals surface area contributed by atoms with Gasteiger partial charge in [0.2, 0.25) is 17.7 Å². The fourth-order valence-electron chi connectivity index (χ4n) is 4.33. The number of imide groups is 1. The fourth-order valence-corrected chi connectivity index (χ4v) is 4.33. The number of rotatable bonds is 6. The van der Waals surface area contributed by atoms with Crippen LogP contribution in [0, 0.1) is 11.8 Å². The SMILES string of the molecule is O=C(CCN1C(=O)[C@H]2CCCC[C@@H]2C1=O)NN=C(c1ccccc1)c1ccccc1. The minimum Gasteiger partial charge on any atom is -0.282 e. The Hall–Kier alpha value is -3.28. The van der Waals surface area contributed by atoms with Crippen LogP contribution in [0.1, 0.15) is 43.2 Å². The van der Waals surface area contributed by atoms with Crippen molar-refractivity contribution < 1.29 is 14.4 Å². The van der Waals surface area contributed by atoms with E-state index in [4.69, 9.17) is 0 Å². The van der Waals surface area contributed by atoms with E-state index < -0.39 is 0 Å². The summed E-state index contributed by atoms with van der Waals surface area (Å²) in [4.78, 5) is 38.8. The number of hydrazone groups is 1. The van der Waals surface area contributed by atoms with Gasteiger partial charge >= 0.3 is 0 Å². The molecule has 2 aromatic rings. The second-order valence-electron chi connectivity index (χ2n) is 7.80. The van der Waals surface area contributed by atoms with Crippen molar-refractivity contribution in [2.75, 3.05) is 6.54 Å². The van der Waals surface area contributed by atoms with Crippen molar-refractivity contribution >= 4 is 23.4 Å². The second kappa shape index (κ2) is 9.03. The van der Waals surface area contributed by atoms with Gasteiger partial charge in [-0.3, -0.25) is 19.3 Å². The molecule has 154 valence electrons. The van der Waals surface area contributed by atoms with Crippen molar-refractivity contribution in [2.45, 2.75) is 32.1 Å². The van der Waals surface area contributed by atoms with Crippen molar-refractivity contribution in [3.8, 4) is 0 Å². The van der Waals surface area contributed by atoms with Gasteiger partial charge in [0.25, 0.3) is 0 Å². The summed E-state index contributed by atoms with van der Waals surface area (Å²) in [5.41, 5.74) is 5.03. The molecule has 6 nitrogen and oxygen atoms in total. The lowest BCUT2D eigenvalue weighted by Crippen LogP contribution is -2.34. The topological polar surface area (TPSA) is 78.8 Å². The molecule has 1 aliphatic heterocycles. The summed E-state index contributed by atoms with van der Waals surface area (Å²) >= 11 is 0. The van der Waals surface area contributed by atoms with Crippen molar-refractivity contribution in [3.05, 3.63) is 71.8 Å². The molecule has 0 radical (unpaired) electrons. The zero-order chi connectivity index (χ0) is 20.9. The summed E-state index contributed by atoms with van der Waals surface area (Å²) in [6.45, 7) is 0.109. The molecule has 2 atom stereocenters. The molecule has 1 heterocycles. The van der Waals surface area contributed by atoms with E-state index in [9.17, 15) is 14.4 Å². The Labute approximate surface area is 176 Å². The number of likely N-dealkylation sites (tertiary alicyclic amines) is 1. The van der Waals surface area contributed by atoms with Crippen molar-refractivity contribution in [3.63, 3.8) is 0 Å². The summed E-state index contributed by atoms with van der Waals surface area (Å²) in [6.07, 6.45) is 3.58. The zero-order valence-electron chi connectivity index (χ0n) is 16.8. The third-order valence-electron chi connectivity index (χ3n) is 5.88. The molecule has 1 aliphatic carbocycles. The van der Waals surface area contributed by atoms with Crippen LogP contribution < -0.4 is 5.43 Å². The van der Waals surface area contributed by atoms with Crippen molar-refractivity contribution in [2.24, 2.45) is 16.9 Å². The summed E-state index contributed by atoms with van der Waals surface area (Å²) in [5.74, 6) is -0.925. The van der Waals surface area contributed by atoms with Gasteiger partial charge in [-0.25, -0.2) is 5.43 Å². The minimum absolute atomic E-state index is 0.0390. The van der Waals surface area contributed by atoms with Crippen LogP contribution >= 0.6 is 0 Å². The number of amides is 3. The van der Waals surface area contributed by atoms with E-state index in [0.29, 0.717) is 5.71 Å². The molecule has 4 rings (SSSR count). The van der Waals surface area contributed by atoms with Gasteiger partial charge in [-0.1, -0.05) is 73.5 Å². The highest BCUT2D eigenvalue weighted by molar-refractivity contribution is 6.13. The lowest BCUT2D eigenvalue weighted by atomic mass is 9.81. The standard InChI is InChI=1S/C24H25N3O3/c28-21(15-16-27-23(29)19-13-7-8-14-20(19)24(27)30)25-26-22(17-9-3-1-4-10-17)18-11-5-2-6-12-18/h1-6,9-12,19-20H,7-8,13-16H2,(H,25,28)/t19-,20-/m0/s1. The molecule has 1 N–H and O–H groups in total. The average molecular weight is 403 g/mol. The van der Waals surface area contributed by atoms with Crippen molar-refractivity contribution in [1.82, 2.24) is 10.3 Å². The van der Waals surface area contributed by atoms with Crippen LogP contribution in [0.2, 0.25) is 0 Å². The molecule has 30 heavy (non-hydrogen) atoms. The summed E-state index contributed by atoms with van der Waals surface area (Å²) < 4.78 is 0. The largest absolute Gasteiger partial charge is 0.282 e. The number of benzene rings is 2. The number of hydrogen-bond donors (Lipinski definition) is 1. The van der Waals surface area contributed by atoms with Crippen LogP contribution in [-0.2, 0) is 14.4 Å². The Morgan fingerprint density at radius 1 is 0.867 bits per heavy atom. The van der Waals surface area contributed by atoms with Gasteiger partial charge in [0.1, 0.15) is 0 Å². The normalized spacial score (nSPS) is 20.6. The Bertz CT molecular complexity index is 891. The van der Waals surface area contributed by atoms with Crippen LogP contribution in [-0.4, -0.2) is 34.9 Å². The highest BCUT2D eigenvalue weighted by Gasteiger charge is 2.47. The quantitative estimate of drug-likeness (QED) is 0.457. The van der Waals surface area contributed by atoms with E-state index in [0.717, 1.165) is 36.8 Å². The van der Waals surface area contributed by atoms with Crippen LogP contribution in [0.5, 0.6) is 0 Å². The van der Waals surface area contributed by atoms with E-state index in [-0.39, 0.29) is 42.5 Å². The lowest BCUT2D eigenvalue weighted by Gasteiger charge is -2.19. The van der Waals surface area contributed by atoms with Crippen LogP contribution in [0.25, 0.3) is 0 Å². The molecule has 1 saturated carbocycles. The molecule has 1 saturated heterocycles. The Kier molecular flexibility index (Phi) is 6.02. The van der Waals surface area contributed by atoms with Gasteiger partial charge in [-0.2, -0.15) is 5.10 Å². The average Bonchev–Trinajstić information content (AvgIpc) is 3.04. The second-order valence-corrected chi connectivity index (χ2v) is 7.80. The molecule has 3 amide bonds. The highest BCUT2D eigenvalue weighted by atomic mass is 16.2. The van der Waals surface area contributed by atoms with Crippen molar-refractivity contribution in [1.29, 1.82) is 0 Å². The maximum Gasteiger partial charge on any atom is 0.241 e. The third kappa shape index (κ3) is 4.17. The molecule has 0 unspecified atom stereocenters. The van der Waals surface area contributed by atoms with Gasteiger partial charge in [-0.05, 0) is 12.8 Å². The Morgan fingerprint density at radius 2 is 1.37 bits per heavy atom. The molecular weight excluding hydrogens is 378 g/mol. The van der Waals surface area contributed by atoms with E-state index >= 15 is 0 Å². The van der Waals surface area contributed by atoms with Gasteiger partial charge in [0, 0.05) is 24.1 Å². The minimum atomic E-state index is -0.324. The summed E-state index contributed by atoms with van der Waals surface area (Å²) in [6, 6.07) is 19.2. The number of carbonyl (C=O) groups is 3. The number of hydrogen-bond acceptors (Lipinski definition) is 4. The van der Waals surface area contributed by atoms with Gasteiger partial charge in [0.05, 0.1) is 17.5 Å².